The summed E-state index contributed by atoms with van der Waals surface area (Å²) < 4.78 is 1.44. The lowest BCUT2D eigenvalue weighted by Gasteiger charge is -2.26. The topological polar surface area (TPSA) is 71.3 Å². The predicted octanol–water partition coefficient (Wildman–Crippen LogP) is 0.855. The average molecular weight is 222 g/mol. The number of rotatable bonds is 4. The maximum absolute atomic E-state index is 11.6. The van der Waals surface area contributed by atoms with E-state index in [0.29, 0.717) is 0 Å². The molecule has 1 aromatic heterocycles. The van der Waals surface area contributed by atoms with E-state index in [1.54, 1.807) is 12.3 Å². The van der Waals surface area contributed by atoms with Gasteiger partial charge in [-0.3, -0.25) is 4.79 Å². The van der Waals surface area contributed by atoms with Gasteiger partial charge in [-0.1, -0.05) is 0 Å². The zero-order valence-electron chi connectivity index (χ0n) is 8.85. The molecule has 1 fully saturated rings. The number of carbonyl (C=O) groups is 2. The van der Waals surface area contributed by atoms with Crippen LogP contribution in [0.2, 0.25) is 0 Å². The lowest BCUT2D eigenvalue weighted by Crippen LogP contribution is -2.41. The highest BCUT2D eigenvalue weighted by molar-refractivity contribution is 5.86. The van der Waals surface area contributed by atoms with Gasteiger partial charge in [0.05, 0.1) is 0 Å². The fourth-order valence-corrected chi connectivity index (χ4v) is 1.73. The molecule has 2 rings (SSSR count). The molecular formula is C11H14N2O3. The van der Waals surface area contributed by atoms with Crippen LogP contribution in [0.1, 0.15) is 29.8 Å². The van der Waals surface area contributed by atoms with Crippen molar-refractivity contribution in [1.82, 2.24) is 9.88 Å². The molecule has 1 aliphatic carbocycles. The van der Waals surface area contributed by atoms with Gasteiger partial charge >= 0.3 is 5.97 Å². The summed E-state index contributed by atoms with van der Waals surface area (Å²) in [6, 6.07) is 3.40. The number of carbonyl (C=O) groups excluding carboxylic acids is 1. The van der Waals surface area contributed by atoms with E-state index < -0.39 is 5.97 Å². The van der Waals surface area contributed by atoms with E-state index in [1.165, 1.54) is 10.6 Å². The Morgan fingerprint density at radius 3 is 2.81 bits per heavy atom. The van der Waals surface area contributed by atoms with E-state index in [9.17, 15) is 9.59 Å². The van der Waals surface area contributed by atoms with Crippen molar-refractivity contribution >= 4 is 11.9 Å². The van der Waals surface area contributed by atoms with Crippen molar-refractivity contribution in [2.75, 3.05) is 0 Å². The van der Waals surface area contributed by atoms with Gasteiger partial charge in [0.2, 0.25) is 5.91 Å². The summed E-state index contributed by atoms with van der Waals surface area (Å²) in [5.74, 6) is -1.13. The molecule has 0 spiro atoms. The number of amides is 1. The molecule has 1 saturated carbocycles. The van der Waals surface area contributed by atoms with Gasteiger partial charge in [0.25, 0.3) is 0 Å². The summed E-state index contributed by atoms with van der Waals surface area (Å²) in [4.78, 5) is 22.4. The highest BCUT2D eigenvalue weighted by Crippen LogP contribution is 2.17. The van der Waals surface area contributed by atoms with Gasteiger partial charge in [-0.2, -0.15) is 0 Å². The fraction of sp³-hybridized carbons (Fsp3) is 0.455. The first-order chi connectivity index (χ1) is 7.66. The highest BCUT2D eigenvalue weighted by atomic mass is 16.4. The molecule has 0 unspecified atom stereocenters. The second kappa shape index (κ2) is 4.38. The molecule has 1 aromatic rings. The molecule has 16 heavy (non-hydrogen) atoms. The van der Waals surface area contributed by atoms with Crippen LogP contribution in [-0.4, -0.2) is 27.6 Å². The molecule has 5 nitrogen and oxygen atoms in total. The third-order valence-electron chi connectivity index (χ3n) is 2.83. The predicted molar refractivity (Wildman–Crippen MR) is 57.2 cm³/mol. The number of nitrogens with zero attached hydrogens (tertiary/aromatic N) is 1. The van der Waals surface area contributed by atoms with Crippen molar-refractivity contribution in [3.8, 4) is 0 Å². The van der Waals surface area contributed by atoms with Crippen LogP contribution in [0.15, 0.2) is 18.3 Å². The van der Waals surface area contributed by atoms with Gasteiger partial charge in [0, 0.05) is 12.2 Å². The van der Waals surface area contributed by atoms with Crippen molar-refractivity contribution in [3.63, 3.8) is 0 Å². The SMILES string of the molecule is O=C(Cn1cccc1C(=O)O)NC1CCC1. The van der Waals surface area contributed by atoms with Gasteiger partial charge in [-0.15, -0.1) is 0 Å². The Morgan fingerprint density at radius 1 is 1.50 bits per heavy atom. The van der Waals surface area contributed by atoms with E-state index in [2.05, 4.69) is 5.32 Å². The summed E-state index contributed by atoms with van der Waals surface area (Å²) in [6.45, 7) is 0.0745. The first-order valence-corrected chi connectivity index (χ1v) is 5.34. The van der Waals surface area contributed by atoms with Crippen LogP contribution in [0.4, 0.5) is 0 Å². The highest BCUT2D eigenvalue weighted by Gasteiger charge is 2.20. The summed E-state index contributed by atoms with van der Waals surface area (Å²) in [5, 5.41) is 11.7. The molecule has 2 N–H and O–H groups in total. The van der Waals surface area contributed by atoms with Crippen molar-refractivity contribution in [1.29, 1.82) is 0 Å². The minimum Gasteiger partial charge on any atom is -0.477 e. The van der Waals surface area contributed by atoms with Gasteiger partial charge < -0.3 is 15.0 Å². The van der Waals surface area contributed by atoms with Gasteiger partial charge in [-0.25, -0.2) is 4.79 Å². The second-order valence-electron chi connectivity index (χ2n) is 4.02. The third-order valence-corrected chi connectivity index (χ3v) is 2.83. The summed E-state index contributed by atoms with van der Waals surface area (Å²) >= 11 is 0. The number of carboxylic acid groups (broad SMARTS) is 1. The van der Waals surface area contributed by atoms with Crippen LogP contribution in [0.3, 0.4) is 0 Å². The number of hydrogen-bond donors (Lipinski definition) is 2. The number of carboxylic acids is 1. The smallest absolute Gasteiger partial charge is 0.352 e. The monoisotopic (exact) mass is 222 g/mol. The van der Waals surface area contributed by atoms with E-state index in [1.807, 2.05) is 0 Å². The average Bonchev–Trinajstić information content (AvgIpc) is 2.59. The molecule has 0 bridgehead atoms. The van der Waals surface area contributed by atoms with Crippen molar-refractivity contribution in [2.45, 2.75) is 31.8 Å². The Labute approximate surface area is 93.1 Å². The van der Waals surface area contributed by atoms with E-state index >= 15 is 0 Å². The van der Waals surface area contributed by atoms with Crippen LogP contribution in [0.5, 0.6) is 0 Å². The van der Waals surface area contributed by atoms with Crippen molar-refractivity contribution in [3.05, 3.63) is 24.0 Å². The van der Waals surface area contributed by atoms with Crippen LogP contribution < -0.4 is 5.32 Å². The maximum atomic E-state index is 11.6. The molecule has 0 aromatic carbocycles. The summed E-state index contributed by atoms with van der Waals surface area (Å²) in [7, 11) is 0. The molecule has 0 radical (unpaired) electrons. The van der Waals surface area contributed by atoms with Gasteiger partial charge in [0.15, 0.2) is 0 Å². The van der Waals surface area contributed by atoms with Crippen LogP contribution >= 0.6 is 0 Å². The Balaban J connectivity index is 1.94. The molecule has 0 aliphatic heterocycles. The molecule has 1 amide bonds. The summed E-state index contributed by atoms with van der Waals surface area (Å²) in [5.41, 5.74) is 0.142. The van der Waals surface area contributed by atoms with E-state index in [0.717, 1.165) is 19.3 Å². The number of hydrogen-bond acceptors (Lipinski definition) is 2. The van der Waals surface area contributed by atoms with Crippen molar-refractivity contribution in [2.24, 2.45) is 0 Å². The standard InChI is InChI=1S/C11H14N2O3/c14-10(12-8-3-1-4-8)7-13-6-2-5-9(13)11(15)16/h2,5-6,8H,1,3-4,7H2,(H,12,14)(H,15,16). The lowest BCUT2D eigenvalue weighted by atomic mass is 9.93. The molecule has 0 saturated heterocycles. The first-order valence-electron chi connectivity index (χ1n) is 5.34. The number of nitrogens with one attached hydrogen (secondary N) is 1. The first kappa shape index (κ1) is 10.7. The third kappa shape index (κ3) is 2.24. The number of aromatic carboxylic acids is 1. The Morgan fingerprint density at radius 2 is 2.25 bits per heavy atom. The molecule has 86 valence electrons. The van der Waals surface area contributed by atoms with Crippen LogP contribution in [0.25, 0.3) is 0 Å². The fourth-order valence-electron chi connectivity index (χ4n) is 1.73. The molecule has 0 atom stereocenters. The largest absolute Gasteiger partial charge is 0.477 e. The van der Waals surface area contributed by atoms with E-state index in [-0.39, 0.29) is 24.2 Å². The number of aromatic nitrogens is 1. The molecule has 5 heteroatoms. The normalized spacial score (nSPS) is 15.5. The lowest BCUT2D eigenvalue weighted by molar-refractivity contribution is -0.122. The minimum absolute atomic E-state index is 0.0745. The Bertz CT molecular complexity index is 407. The molecular weight excluding hydrogens is 208 g/mol. The molecule has 1 aliphatic rings. The zero-order valence-corrected chi connectivity index (χ0v) is 8.85. The molecule has 1 heterocycles. The maximum Gasteiger partial charge on any atom is 0.352 e. The Kier molecular flexibility index (Phi) is 2.94. The van der Waals surface area contributed by atoms with Gasteiger partial charge in [-0.05, 0) is 31.4 Å². The quantitative estimate of drug-likeness (QED) is 0.793. The second-order valence-corrected chi connectivity index (χ2v) is 4.02. The summed E-state index contributed by atoms with van der Waals surface area (Å²) in [6.07, 6.45) is 4.82. The zero-order chi connectivity index (χ0) is 11.5. The van der Waals surface area contributed by atoms with E-state index in [4.69, 9.17) is 5.11 Å². The van der Waals surface area contributed by atoms with Crippen LogP contribution in [0, 0.1) is 0 Å². The van der Waals surface area contributed by atoms with Crippen molar-refractivity contribution < 1.29 is 14.7 Å². The van der Waals surface area contributed by atoms with Gasteiger partial charge in [0.1, 0.15) is 12.2 Å². The minimum atomic E-state index is -1.01. The Hall–Kier alpha value is -1.78. The van der Waals surface area contributed by atoms with Crippen LogP contribution in [-0.2, 0) is 11.3 Å².